The van der Waals surface area contributed by atoms with Crippen LogP contribution in [0.3, 0.4) is 0 Å². The number of nitrogens with zero attached hydrogens (tertiary/aromatic N) is 2. The number of carbonyl (C=O) groups is 2. The molecule has 2 aromatic rings. The highest BCUT2D eigenvalue weighted by atomic mass is 16.5. The quantitative estimate of drug-likeness (QED) is 0.799. The molecule has 0 saturated carbocycles. The van der Waals surface area contributed by atoms with Gasteiger partial charge >= 0.3 is 6.09 Å². The second kappa shape index (κ2) is 9.23. The van der Waals surface area contributed by atoms with Crippen LogP contribution in [-0.2, 0) is 16.1 Å². The summed E-state index contributed by atoms with van der Waals surface area (Å²) in [7, 11) is 1.65. The summed E-state index contributed by atoms with van der Waals surface area (Å²) in [6.45, 7) is 4.42. The minimum absolute atomic E-state index is 0.00675. The number of nitrogens with one attached hydrogen (secondary N) is 1. The number of benzene rings is 2. The standard InChI is InChI=1S/C22H25N3O4/c1-4-29-22(27)23-18-8-5-16(6-9-18)14-25-21(26)12-10-19(24-25)17-7-11-20(28-3)15(2)13-17/h5-9,11,13H,4,10,12,14H2,1-3H3,(H,23,27). The Morgan fingerprint density at radius 1 is 1.17 bits per heavy atom. The Bertz CT molecular complexity index is 922. The Hall–Kier alpha value is -3.35. The molecule has 0 aromatic heterocycles. The van der Waals surface area contributed by atoms with Crippen LogP contribution in [0.15, 0.2) is 47.6 Å². The molecule has 1 aliphatic heterocycles. The third-order valence-corrected chi connectivity index (χ3v) is 4.64. The van der Waals surface area contributed by atoms with Gasteiger partial charge in [0.15, 0.2) is 0 Å². The van der Waals surface area contributed by atoms with Crippen molar-refractivity contribution in [1.82, 2.24) is 5.01 Å². The number of methoxy groups -OCH3 is 1. The second-order valence-corrected chi connectivity index (χ2v) is 6.72. The molecule has 0 bridgehead atoms. The Kier molecular flexibility index (Phi) is 6.49. The van der Waals surface area contributed by atoms with Crippen LogP contribution < -0.4 is 10.1 Å². The van der Waals surface area contributed by atoms with Crippen molar-refractivity contribution in [2.45, 2.75) is 33.2 Å². The number of hydrazone groups is 1. The van der Waals surface area contributed by atoms with Crippen molar-refractivity contribution >= 4 is 23.4 Å². The first kappa shape index (κ1) is 20.4. The summed E-state index contributed by atoms with van der Waals surface area (Å²) >= 11 is 0. The van der Waals surface area contributed by atoms with Gasteiger partial charge in [-0.1, -0.05) is 12.1 Å². The summed E-state index contributed by atoms with van der Waals surface area (Å²) < 4.78 is 10.2. The van der Waals surface area contributed by atoms with Crippen LogP contribution in [0.5, 0.6) is 5.75 Å². The molecule has 0 aliphatic carbocycles. The van der Waals surface area contributed by atoms with Crippen LogP contribution in [0.25, 0.3) is 0 Å². The summed E-state index contributed by atoms with van der Waals surface area (Å²) in [6, 6.07) is 13.2. The van der Waals surface area contributed by atoms with Crippen LogP contribution >= 0.6 is 0 Å². The lowest BCUT2D eigenvalue weighted by atomic mass is 10.0. The number of carbonyl (C=O) groups excluding carboxylic acids is 2. The lowest BCUT2D eigenvalue weighted by Gasteiger charge is -2.24. The molecule has 1 N–H and O–H groups in total. The van der Waals surface area contributed by atoms with E-state index in [1.54, 1.807) is 26.2 Å². The lowest BCUT2D eigenvalue weighted by molar-refractivity contribution is -0.132. The van der Waals surface area contributed by atoms with E-state index in [2.05, 4.69) is 10.4 Å². The van der Waals surface area contributed by atoms with Gasteiger partial charge in [0.1, 0.15) is 5.75 Å². The van der Waals surface area contributed by atoms with Crippen LogP contribution in [0.2, 0.25) is 0 Å². The van der Waals surface area contributed by atoms with Gasteiger partial charge in [-0.2, -0.15) is 5.10 Å². The van der Waals surface area contributed by atoms with Crippen molar-refractivity contribution in [2.24, 2.45) is 5.10 Å². The summed E-state index contributed by atoms with van der Waals surface area (Å²) in [5.41, 5.74) is 4.46. The molecule has 0 unspecified atom stereocenters. The molecule has 1 heterocycles. The molecule has 0 spiro atoms. The van der Waals surface area contributed by atoms with Gasteiger partial charge in [0.05, 0.1) is 26.0 Å². The topological polar surface area (TPSA) is 80.2 Å². The van der Waals surface area contributed by atoms with Crippen LogP contribution in [0.1, 0.15) is 36.5 Å². The summed E-state index contributed by atoms with van der Waals surface area (Å²) in [5.74, 6) is 0.822. The highest BCUT2D eigenvalue weighted by Gasteiger charge is 2.22. The molecular weight excluding hydrogens is 370 g/mol. The molecule has 0 atom stereocenters. The Balaban J connectivity index is 1.72. The fourth-order valence-electron chi connectivity index (χ4n) is 3.14. The van der Waals surface area contributed by atoms with Crippen molar-refractivity contribution in [3.63, 3.8) is 0 Å². The lowest BCUT2D eigenvalue weighted by Crippen LogP contribution is -2.31. The minimum atomic E-state index is -0.490. The zero-order valence-corrected chi connectivity index (χ0v) is 16.9. The van der Waals surface area contributed by atoms with Gasteiger partial charge in [0.25, 0.3) is 0 Å². The fourth-order valence-corrected chi connectivity index (χ4v) is 3.14. The van der Waals surface area contributed by atoms with Crippen molar-refractivity contribution in [3.8, 4) is 5.75 Å². The molecule has 0 fully saturated rings. The van der Waals surface area contributed by atoms with E-state index < -0.39 is 6.09 Å². The van der Waals surface area contributed by atoms with E-state index in [1.165, 1.54) is 5.01 Å². The fraction of sp³-hybridized carbons (Fsp3) is 0.318. The van der Waals surface area contributed by atoms with E-state index in [9.17, 15) is 9.59 Å². The molecule has 0 radical (unpaired) electrons. The molecule has 7 heteroatoms. The average molecular weight is 395 g/mol. The van der Waals surface area contributed by atoms with E-state index in [1.807, 2.05) is 37.3 Å². The molecule has 3 rings (SSSR count). The zero-order chi connectivity index (χ0) is 20.8. The first-order chi connectivity index (χ1) is 14.0. The van der Waals surface area contributed by atoms with E-state index in [4.69, 9.17) is 9.47 Å². The second-order valence-electron chi connectivity index (χ2n) is 6.72. The highest BCUT2D eigenvalue weighted by molar-refractivity contribution is 6.04. The molecule has 2 amide bonds. The molecule has 152 valence electrons. The van der Waals surface area contributed by atoms with Gasteiger partial charge in [-0.05, 0) is 60.9 Å². The maximum absolute atomic E-state index is 12.4. The maximum atomic E-state index is 12.4. The zero-order valence-electron chi connectivity index (χ0n) is 16.9. The summed E-state index contributed by atoms with van der Waals surface area (Å²) in [6.07, 6.45) is 0.547. The SMILES string of the molecule is CCOC(=O)Nc1ccc(CN2N=C(c3ccc(OC)c(C)c3)CCC2=O)cc1. The summed E-state index contributed by atoms with van der Waals surface area (Å²) in [4.78, 5) is 23.8. The van der Waals surface area contributed by atoms with Crippen molar-refractivity contribution in [1.29, 1.82) is 0 Å². The number of hydrogen-bond donors (Lipinski definition) is 1. The highest BCUT2D eigenvalue weighted by Crippen LogP contribution is 2.23. The van der Waals surface area contributed by atoms with Gasteiger partial charge in [-0.25, -0.2) is 9.80 Å². The Morgan fingerprint density at radius 3 is 2.59 bits per heavy atom. The molecule has 0 saturated heterocycles. The number of anilines is 1. The third kappa shape index (κ3) is 5.13. The monoisotopic (exact) mass is 395 g/mol. The molecule has 7 nitrogen and oxygen atoms in total. The first-order valence-electron chi connectivity index (χ1n) is 9.55. The number of aryl methyl sites for hydroxylation is 1. The van der Waals surface area contributed by atoms with Gasteiger partial charge in [-0.15, -0.1) is 0 Å². The number of ether oxygens (including phenoxy) is 2. The molecule has 1 aliphatic rings. The van der Waals surface area contributed by atoms with Gasteiger partial charge in [-0.3, -0.25) is 10.1 Å². The smallest absolute Gasteiger partial charge is 0.411 e. The Labute approximate surface area is 170 Å². The van der Waals surface area contributed by atoms with Gasteiger partial charge in [0.2, 0.25) is 5.91 Å². The largest absolute Gasteiger partial charge is 0.496 e. The first-order valence-corrected chi connectivity index (χ1v) is 9.55. The van der Waals surface area contributed by atoms with Crippen molar-refractivity contribution in [2.75, 3.05) is 19.0 Å². The number of rotatable bonds is 6. The molecular formula is C22H25N3O4. The van der Waals surface area contributed by atoms with Gasteiger partial charge in [0, 0.05) is 18.5 Å². The number of hydrogen-bond acceptors (Lipinski definition) is 5. The predicted octanol–water partition coefficient (Wildman–Crippen LogP) is 4.10. The molecule has 2 aromatic carbocycles. The van der Waals surface area contributed by atoms with Crippen LogP contribution in [-0.4, -0.2) is 36.4 Å². The van der Waals surface area contributed by atoms with Crippen molar-refractivity contribution in [3.05, 3.63) is 59.2 Å². The number of amides is 2. The van der Waals surface area contributed by atoms with Crippen molar-refractivity contribution < 1.29 is 19.1 Å². The van der Waals surface area contributed by atoms with E-state index in [0.29, 0.717) is 31.7 Å². The van der Waals surface area contributed by atoms with E-state index >= 15 is 0 Å². The van der Waals surface area contributed by atoms with Crippen LogP contribution in [0.4, 0.5) is 10.5 Å². The maximum Gasteiger partial charge on any atom is 0.411 e. The normalized spacial score (nSPS) is 13.7. The average Bonchev–Trinajstić information content (AvgIpc) is 2.71. The minimum Gasteiger partial charge on any atom is -0.496 e. The van der Waals surface area contributed by atoms with Gasteiger partial charge < -0.3 is 9.47 Å². The van der Waals surface area contributed by atoms with E-state index in [-0.39, 0.29) is 5.91 Å². The summed E-state index contributed by atoms with van der Waals surface area (Å²) in [5, 5.41) is 8.74. The third-order valence-electron chi connectivity index (χ3n) is 4.64. The molecule has 29 heavy (non-hydrogen) atoms. The predicted molar refractivity (Wildman–Crippen MR) is 111 cm³/mol. The van der Waals surface area contributed by atoms with Crippen LogP contribution in [0, 0.1) is 6.92 Å². The Morgan fingerprint density at radius 2 is 1.93 bits per heavy atom. The van der Waals surface area contributed by atoms with E-state index in [0.717, 1.165) is 28.2 Å².